The Bertz CT molecular complexity index is 1310. The van der Waals surface area contributed by atoms with Gasteiger partial charge in [0.15, 0.2) is 6.23 Å². The summed E-state index contributed by atoms with van der Waals surface area (Å²) in [6.45, 7) is -0.281. The number of nitrogens with zero attached hydrogens (tertiary/aromatic N) is 5. The van der Waals surface area contributed by atoms with Crippen molar-refractivity contribution in [1.29, 1.82) is 0 Å². The Hall–Kier alpha value is -4.06. The normalized spacial score (nSPS) is 22.6. The number of carbonyl (C=O) groups is 4. The summed E-state index contributed by atoms with van der Waals surface area (Å²) in [5.74, 6) is -6.23. The van der Waals surface area contributed by atoms with E-state index in [9.17, 15) is 39.6 Å². The van der Waals surface area contributed by atoms with Crippen LogP contribution < -0.4 is 5.32 Å². The molecule has 17 heteroatoms. The zero-order chi connectivity index (χ0) is 27.1. The number of carboxylic acids is 2. The molecule has 2 aliphatic heterocycles. The molecule has 0 spiro atoms. The lowest BCUT2D eigenvalue weighted by atomic mass is 9.89. The van der Waals surface area contributed by atoms with Gasteiger partial charge in [-0.2, -0.15) is 0 Å². The molecule has 5 N–H and O–H groups in total. The van der Waals surface area contributed by atoms with Crippen LogP contribution in [0, 0.1) is 0 Å². The molecule has 0 saturated carbocycles. The molecule has 1 fully saturated rings. The molecular weight excluding hydrogens is 516 g/mol. The van der Waals surface area contributed by atoms with E-state index in [1.54, 1.807) is 7.05 Å². The number of fused-ring (bicyclic) bond motifs is 1. The number of phenols is 1. The fourth-order valence-corrected chi connectivity index (χ4v) is 4.70. The molecule has 1 aromatic heterocycles. The second-order valence-electron chi connectivity index (χ2n) is 7.93. The van der Waals surface area contributed by atoms with Crippen LogP contribution in [0.5, 0.6) is 5.75 Å². The first-order chi connectivity index (χ1) is 17.5. The molecule has 3 atom stereocenters. The number of aromatic hydroxyl groups is 1. The van der Waals surface area contributed by atoms with Crippen molar-refractivity contribution in [1.82, 2.24) is 30.4 Å². The van der Waals surface area contributed by atoms with E-state index in [4.69, 9.17) is 9.47 Å². The van der Waals surface area contributed by atoms with Gasteiger partial charge in [-0.15, -0.1) is 5.10 Å². The van der Waals surface area contributed by atoms with Gasteiger partial charge in [-0.1, -0.05) is 23.9 Å². The van der Waals surface area contributed by atoms with Crippen LogP contribution in [0.1, 0.15) is 5.56 Å². The number of aliphatic carboxylic acids is 2. The van der Waals surface area contributed by atoms with E-state index in [1.165, 1.54) is 4.68 Å². The first kappa shape index (κ1) is 26.0. The predicted octanol–water partition coefficient (Wildman–Crippen LogP) is -2.02. The maximum atomic E-state index is 13.2. The molecule has 1 saturated heterocycles. The van der Waals surface area contributed by atoms with Gasteiger partial charge in [0.1, 0.15) is 11.4 Å². The van der Waals surface area contributed by atoms with E-state index >= 15 is 0 Å². The molecule has 4 rings (SSSR count). The van der Waals surface area contributed by atoms with Crippen LogP contribution in [0.4, 0.5) is 0 Å². The van der Waals surface area contributed by atoms with Gasteiger partial charge in [0.2, 0.25) is 5.16 Å². The van der Waals surface area contributed by atoms with Crippen molar-refractivity contribution in [2.45, 2.75) is 22.7 Å². The molecule has 16 nitrogen and oxygen atoms in total. The first-order valence-corrected chi connectivity index (χ1v) is 11.3. The number of nitrogens with one attached hydrogen (secondary N) is 1. The Labute approximate surface area is 211 Å². The molecule has 0 radical (unpaired) electrons. The third-order valence-corrected chi connectivity index (χ3v) is 6.91. The summed E-state index contributed by atoms with van der Waals surface area (Å²) in [5.41, 5.74) is -6.13. The highest BCUT2D eigenvalue weighted by atomic mass is 32.2. The van der Waals surface area contributed by atoms with Crippen LogP contribution in [0.2, 0.25) is 0 Å². The molecule has 3 heterocycles. The van der Waals surface area contributed by atoms with E-state index in [-0.39, 0.29) is 23.7 Å². The fourth-order valence-electron chi connectivity index (χ4n) is 3.86. The van der Waals surface area contributed by atoms with E-state index < -0.39 is 52.6 Å². The van der Waals surface area contributed by atoms with E-state index in [1.807, 2.05) is 0 Å². The summed E-state index contributed by atoms with van der Waals surface area (Å²) in [7, 11) is 2.61. The van der Waals surface area contributed by atoms with Crippen LogP contribution in [-0.4, -0.2) is 101 Å². The molecule has 2 aliphatic rings. The summed E-state index contributed by atoms with van der Waals surface area (Å²) < 4.78 is 12.2. The van der Waals surface area contributed by atoms with Crippen LogP contribution in [-0.2, 0) is 41.3 Å². The largest absolute Gasteiger partial charge is 0.508 e. The minimum Gasteiger partial charge on any atom is -0.508 e. The zero-order valence-electron chi connectivity index (χ0n) is 19.2. The minimum atomic E-state index is -3.19. The number of β-lactam (4-membered cyclic amide) rings is 1. The number of hydrogen-bond donors (Lipinski definition) is 5. The fraction of sp³-hybridized carbons (Fsp3) is 0.350. The molecule has 1 unspecified atom stereocenters. The van der Waals surface area contributed by atoms with Crippen LogP contribution in [0.3, 0.4) is 0 Å². The highest BCUT2D eigenvalue weighted by Crippen LogP contribution is 2.42. The second kappa shape index (κ2) is 9.43. The number of carbonyl (C=O) groups excluding carboxylic acids is 2. The number of methoxy groups -OCH3 is 1. The van der Waals surface area contributed by atoms with Crippen molar-refractivity contribution in [2.24, 2.45) is 7.05 Å². The topological polar surface area (TPSA) is 227 Å². The molecule has 196 valence electrons. The lowest BCUT2D eigenvalue weighted by molar-refractivity contribution is -0.259. The zero-order valence-corrected chi connectivity index (χ0v) is 20.0. The van der Waals surface area contributed by atoms with Gasteiger partial charge in [0.05, 0.1) is 6.61 Å². The SMILES string of the molecule is CO[C@@]1(NC(=O)C(O)(C(=O)O)c2ccc(O)cc2)C(=O)N2C(C(=O)O)=C(CSc3nnnn3C)CO[C@@H]21. The highest BCUT2D eigenvalue weighted by molar-refractivity contribution is 7.99. The standard InChI is InChI=1S/C20H20N6O10S/c1-25-18(22-23-24-25)37-8-9-7-36-16-20(35-2,15(31)26(16)12(9)13(28)29)21-14(30)19(34,17(32)33)10-3-5-11(27)6-4-10/h3-6,16,27,34H,7-8H2,1-2H3,(H,21,30)(H,28,29)(H,32,33)/t16-,19?,20+/m1/s1. The average molecular weight is 536 g/mol. The number of thioether (sulfide) groups is 1. The van der Waals surface area contributed by atoms with Crippen molar-refractivity contribution >= 4 is 35.5 Å². The van der Waals surface area contributed by atoms with Crippen LogP contribution >= 0.6 is 11.8 Å². The molecule has 1 aromatic carbocycles. The molecule has 0 bridgehead atoms. The Morgan fingerprint density at radius 1 is 1.30 bits per heavy atom. The third kappa shape index (κ3) is 4.06. The third-order valence-electron chi connectivity index (χ3n) is 5.81. The molecule has 37 heavy (non-hydrogen) atoms. The number of ether oxygens (including phenoxy) is 2. The first-order valence-electron chi connectivity index (χ1n) is 10.4. The molecule has 2 aromatic rings. The molecule has 2 amide bonds. The maximum Gasteiger partial charge on any atom is 0.352 e. The lowest BCUT2D eigenvalue weighted by Gasteiger charge is -2.55. The van der Waals surface area contributed by atoms with Gasteiger partial charge in [-0.05, 0) is 28.1 Å². The van der Waals surface area contributed by atoms with E-state index in [0.29, 0.717) is 5.16 Å². The van der Waals surface area contributed by atoms with Crippen molar-refractivity contribution in [3.8, 4) is 5.75 Å². The quantitative estimate of drug-likeness (QED) is 0.101. The number of aromatic nitrogens is 4. The Kier molecular flexibility index (Phi) is 6.63. The number of benzene rings is 1. The van der Waals surface area contributed by atoms with Crippen molar-refractivity contribution in [3.63, 3.8) is 0 Å². The Morgan fingerprint density at radius 2 is 1.97 bits per heavy atom. The summed E-state index contributed by atoms with van der Waals surface area (Å²) in [4.78, 5) is 51.0. The number of phenolic OH excluding ortho intramolecular Hbond substituents is 1. The van der Waals surface area contributed by atoms with Gasteiger partial charge < -0.3 is 35.2 Å². The van der Waals surface area contributed by atoms with Gasteiger partial charge in [-0.3, -0.25) is 14.5 Å². The lowest BCUT2D eigenvalue weighted by Crippen LogP contribution is -2.83. The van der Waals surface area contributed by atoms with Crippen LogP contribution in [0.25, 0.3) is 0 Å². The summed E-state index contributed by atoms with van der Waals surface area (Å²) in [5, 5.41) is 53.2. The van der Waals surface area contributed by atoms with E-state index in [0.717, 1.165) is 48.0 Å². The summed E-state index contributed by atoms with van der Waals surface area (Å²) >= 11 is 1.10. The average Bonchev–Trinajstić information content (AvgIpc) is 3.29. The molecular formula is C20H20N6O10S. The summed E-state index contributed by atoms with van der Waals surface area (Å²) in [6, 6.07) is 4.14. The number of rotatable bonds is 9. The van der Waals surface area contributed by atoms with Crippen molar-refractivity contribution < 1.29 is 49.1 Å². The monoisotopic (exact) mass is 536 g/mol. The van der Waals surface area contributed by atoms with E-state index in [2.05, 4.69) is 20.8 Å². The minimum absolute atomic E-state index is 0.0539. The maximum absolute atomic E-state index is 13.2. The number of aryl methyl sites for hydroxylation is 1. The van der Waals surface area contributed by atoms with Crippen LogP contribution in [0.15, 0.2) is 40.7 Å². The summed E-state index contributed by atoms with van der Waals surface area (Å²) in [6.07, 6.45) is -1.48. The highest BCUT2D eigenvalue weighted by Gasteiger charge is 2.69. The Balaban J connectivity index is 1.62. The second-order valence-corrected chi connectivity index (χ2v) is 8.87. The van der Waals surface area contributed by atoms with Gasteiger partial charge in [-0.25, -0.2) is 14.3 Å². The Morgan fingerprint density at radius 3 is 2.51 bits per heavy atom. The number of hydrogen-bond acceptors (Lipinski definition) is 12. The predicted molar refractivity (Wildman–Crippen MR) is 118 cm³/mol. The number of tetrazole rings is 1. The number of carboxylic acid groups (broad SMARTS) is 2. The smallest absolute Gasteiger partial charge is 0.352 e. The van der Waals surface area contributed by atoms with Crippen molar-refractivity contribution in [3.05, 3.63) is 41.1 Å². The van der Waals surface area contributed by atoms with Crippen molar-refractivity contribution in [2.75, 3.05) is 19.5 Å². The number of amides is 2. The number of aliphatic hydroxyl groups is 1. The molecule has 0 aliphatic carbocycles. The van der Waals surface area contributed by atoms with Gasteiger partial charge in [0, 0.05) is 25.5 Å². The van der Waals surface area contributed by atoms with Gasteiger partial charge >= 0.3 is 11.9 Å². The van der Waals surface area contributed by atoms with Gasteiger partial charge in [0.25, 0.3) is 23.1 Å².